The smallest absolute Gasteiger partial charge is 0.317 e. The number of piperazine rings is 1. The number of aromatic nitrogens is 3. The number of carbonyl (C=O) groups is 1. The highest BCUT2D eigenvalue weighted by molar-refractivity contribution is 7.11. The second kappa shape index (κ2) is 7.65. The van der Waals surface area contributed by atoms with Crippen molar-refractivity contribution in [3.8, 4) is 0 Å². The number of hydrogen-bond donors (Lipinski definition) is 1. The van der Waals surface area contributed by atoms with Crippen molar-refractivity contribution >= 4 is 23.1 Å². The first-order valence-electron chi connectivity index (χ1n) is 8.35. The first-order valence-corrected chi connectivity index (χ1v) is 9.17. The van der Waals surface area contributed by atoms with Crippen molar-refractivity contribution < 1.29 is 4.79 Å². The first-order chi connectivity index (χ1) is 11.7. The Labute approximate surface area is 146 Å². The van der Waals surface area contributed by atoms with Crippen molar-refractivity contribution in [1.29, 1.82) is 0 Å². The van der Waals surface area contributed by atoms with Gasteiger partial charge in [0.2, 0.25) is 0 Å². The first kappa shape index (κ1) is 16.8. The van der Waals surface area contributed by atoms with Gasteiger partial charge >= 0.3 is 6.03 Å². The third kappa shape index (κ3) is 4.05. The molecule has 0 saturated carbocycles. The molecule has 2 aromatic heterocycles. The van der Waals surface area contributed by atoms with Crippen LogP contribution in [-0.2, 0) is 19.9 Å². The maximum atomic E-state index is 12.3. The number of rotatable bonds is 5. The van der Waals surface area contributed by atoms with E-state index in [4.69, 9.17) is 0 Å². The molecular formula is C16H24N6OS. The highest BCUT2D eigenvalue weighted by Crippen LogP contribution is 2.15. The molecule has 1 aliphatic heterocycles. The van der Waals surface area contributed by atoms with Gasteiger partial charge in [-0.1, -0.05) is 6.92 Å². The predicted octanol–water partition coefficient (Wildman–Crippen LogP) is 1.51. The van der Waals surface area contributed by atoms with E-state index < -0.39 is 0 Å². The fourth-order valence-corrected chi connectivity index (χ4v) is 3.62. The van der Waals surface area contributed by atoms with Crippen LogP contribution < -0.4 is 10.2 Å². The zero-order chi connectivity index (χ0) is 16.9. The standard InChI is InChI=1S/C16H24N6OS/c1-3-14-11-18-15(24-14)4-5-17-16(23)22-8-6-21(7-9-22)13-10-19-20(2)12-13/h10-12H,3-9H2,1-2H3,(H,17,23). The Kier molecular flexibility index (Phi) is 5.34. The number of nitrogens with one attached hydrogen (secondary N) is 1. The quantitative estimate of drug-likeness (QED) is 0.890. The van der Waals surface area contributed by atoms with Crippen LogP contribution in [0.15, 0.2) is 18.6 Å². The zero-order valence-corrected chi connectivity index (χ0v) is 15.1. The van der Waals surface area contributed by atoms with Crippen LogP contribution >= 0.6 is 11.3 Å². The van der Waals surface area contributed by atoms with Crippen molar-refractivity contribution in [3.05, 3.63) is 28.5 Å². The Balaban J connectivity index is 1.40. The predicted molar refractivity (Wildman–Crippen MR) is 95.6 cm³/mol. The molecule has 1 N–H and O–H groups in total. The number of amides is 2. The van der Waals surface area contributed by atoms with E-state index in [2.05, 4.69) is 27.2 Å². The zero-order valence-electron chi connectivity index (χ0n) is 14.2. The molecular weight excluding hydrogens is 324 g/mol. The molecule has 0 atom stereocenters. The van der Waals surface area contributed by atoms with E-state index in [0.29, 0.717) is 6.54 Å². The van der Waals surface area contributed by atoms with Gasteiger partial charge in [-0.15, -0.1) is 11.3 Å². The number of anilines is 1. The second-order valence-electron chi connectivity index (χ2n) is 5.90. The Morgan fingerprint density at radius 3 is 2.71 bits per heavy atom. The molecule has 1 aliphatic rings. The molecule has 24 heavy (non-hydrogen) atoms. The molecule has 3 heterocycles. The van der Waals surface area contributed by atoms with Crippen molar-refractivity contribution in [2.75, 3.05) is 37.6 Å². The molecule has 0 aromatic carbocycles. The highest BCUT2D eigenvalue weighted by Gasteiger charge is 2.21. The van der Waals surface area contributed by atoms with Crippen molar-refractivity contribution in [2.45, 2.75) is 19.8 Å². The summed E-state index contributed by atoms with van der Waals surface area (Å²) in [7, 11) is 1.92. The van der Waals surface area contributed by atoms with Gasteiger partial charge in [0.05, 0.1) is 16.9 Å². The van der Waals surface area contributed by atoms with E-state index in [-0.39, 0.29) is 6.03 Å². The van der Waals surface area contributed by atoms with Crippen LogP contribution in [0.5, 0.6) is 0 Å². The average molecular weight is 348 g/mol. The third-order valence-electron chi connectivity index (χ3n) is 4.19. The lowest BCUT2D eigenvalue weighted by Gasteiger charge is -2.35. The molecule has 0 aliphatic carbocycles. The van der Waals surface area contributed by atoms with E-state index in [1.54, 1.807) is 16.0 Å². The molecule has 0 radical (unpaired) electrons. The van der Waals surface area contributed by atoms with Gasteiger partial charge in [0, 0.05) is 63.5 Å². The number of thiazole rings is 1. The van der Waals surface area contributed by atoms with E-state index in [1.807, 2.05) is 30.5 Å². The van der Waals surface area contributed by atoms with Gasteiger partial charge in [-0.3, -0.25) is 4.68 Å². The Morgan fingerprint density at radius 1 is 1.29 bits per heavy atom. The summed E-state index contributed by atoms with van der Waals surface area (Å²) in [6, 6.07) is 0.0214. The van der Waals surface area contributed by atoms with E-state index >= 15 is 0 Å². The minimum atomic E-state index is 0.0214. The number of carbonyl (C=O) groups excluding carboxylic acids is 1. The molecule has 2 aromatic rings. The van der Waals surface area contributed by atoms with Crippen LogP contribution in [0.25, 0.3) is 0 Å². The number of nitrogens with zero attached hydrogens (tertiary/aromatic N) is 5. The topological polar surface area (TPSA) is 66.3 Å². The normalized spacial score (nSPS) is 14.9. The molecule has 0 spiro atoms. The summed E-state index contributed by atoms with van der Waals surface area (Å²) >= 11 is 1.73. The van der Waals surface area contributed by atoms with Crippen LogP contribution in [0.3, 0.4) is 0 Å². The van der Waals surface area contributed by atoms with Gasteiger partial charge in [-0.25, -0.2) is 9.78 Å². The molecule has 0 bridgehead atoms. The Morgan fingerprint density at radius 2 is 2.08 bits per heavy atom. The highest BCUT2D eigenvalue weighted by atomic mass is 32.1. The number of hydrogen-bond acceptors (Lipinski definition) is 5. The molecule has 1 fully saturated rings. The van der Waals surface area contributed by atoms with Gasteiger partial charge in [0.15, 0.2) is 0 Å². The lowest BCUT2D eigenvalue weighted by Crippen LogP contribution is -2.52. The van der Waals surface area contributed by atoms with Crippen LogP contribution in [-0.4, -0.2) is 58.4 Å². The fraction of sp³-hybridized carbons (Fsp3) is 0.562. The van der Waals surface area contributed by atoms with Gasteiger partial charge < -0.3 is 15.1 Å². The summed E-state index contributed by atoms with van der Waals surface area (Å²) in [6.07, 6.45) is 7.62. The summed E-state index contributed by atoms with van der Waals surface area (Å²) in [5.74, 6) is 0. The maximum Gasteiger partial charge on any atom is 0.317 e. The fourth-order valence-electron chi connectivity index (χ4n) is 2.75. The van der Waals surface area contributed by atoms with E-state index in [1.165, 1.54) is 4.88 Å². The van der Waals surface area contributed by atoms with Crippen LogP contribution in [0, 0.1) is 0 Å². The third-order valence-corrected chi connectivity index (χ3v) is 5.39. The summed E-state index contributed by atoms with van der Waals surface area (Å²) < 4.78 is 1.80. The summed E-state index contributed by atoms with van der Waals surface area (Å²) in [5.41, 5.74) is 1.12. The average Bonchev–Trinajstić information content (AvgIpc) is 3.24. The minimum Gasteiger partial charge on any atom is -0.365 e. The molecule has 1 saturated heterocycles. The lowest BCUT2D eigenvalue weighted by molar-refractivity contribution is 0.194. The molecule has 7 nitrogen and oxygen atoms in total. The van der Waals surface area contributed by atoms with E-state index in [9.17, 15) is 4.79 Å². The van der Waals surface area contributed by atoms with Crippen LogP contribution in [0.4, 0.5) is 10.5 Å². The SMILES string of the molecule is CCc1cnc(CCNC(=O)N2CCN(c3cnn(C)c3)CC2)s1. The molecule has 130 valence electrons. The van der Waals surface area contributed by atoms with E-state index in [0.717, 1.165) is 49.7 Å². The largest absolute Gasteiger partial charge is 0.365 e. The minimum absolute atomic E-state index is 0.0214. The van der Waals surface area contributed by atoms with Crippen molar-refractivity contribution in [1.82, 2.24) is 25.0 Å². The van der Waals surface area contributed by atoms with Crippen LogP contribution in [0.2, 0.25) is 0 Å². The van der Waals surface area contributed by atoms with Crippen molar-refractivity contribution in [2.24, 2.45) is 7.05 Å². The Bertz CT molecular complexity index is 674. The second-order valence-corrected chi connectivity index (χ2v) is 7.10. The van der Waals surface area contributed by atoms with Gasteiger partial charge in [0.25, 0.3) is 0 Å². The van der Waals surface area contributed by atoms with Gasteiger partial charge in [-0.2, -0.15) is 5.10 Å². The lowest BCUT2D eigenvalue weighted by atomic mass is 10.3. The van der Waals surface area contributed by atoms with Gasteiger partial charge in [0.1, 0.15) is 0 Å². The Hall–Kier alpha value is -2.09. The number of aryl methyl sites for hydroxylation is 2. The maximum absolute atomic E-state index is 12.3. The molecule has 0 unspecified atom stereocenters. The summed E-state index contributed by atoms with van der Waals surface area (Å²) in [6.45, 7) is 5.91. The summed E-state index contributed by atoms with van der Waals surface area (Å²) in [4.78, 5) is 22.1. The van der Waals surface area contributed by atoms with Crippen molar-refractivity contribution in [3.63, 3.8) is 0 Å². The van der Waals surface area contributed by atoms with Crippen LogP contribution in [0.1, 0.15) is 16.8 Å². The molecule has 3 rings (SSSR count). The monoisotopic (exact) mass is 348 g/mol. The molecule has 8 heteroatoms. The number of urea groups is 1. The molecule has 2 amide bonds. The van der Waals surface area contributed by atoms with Gasteiger partial charge in [-0.05, 0) is 6.42 Å². The summed E-state index contributed by atoms with van der Waals surface area (Å²) in [5, 5.41) is 8.30.